The Bertz CT molecular complexity index is 1120. The first-order chi connectivity index (χ1) is 16.0. The van der Waals surface area contributed by atoms with Gasteiger partial charge in [-0.1, -0.05) is 30.9 Å². The van der Waals surface area contributed by atoms with Crippen molar-refractivity contribution in [3.05, 3.63) is 65.4 Å². The fourth-order valence-electron chi connectivity index (χ4n) is 3.92. The molecule has 2 aromatic carbocycles. The zero-order valence-electron chi connectivity index (χ0n) is 18.1. The van der Waals surface area contributed by atoms with Gasteiger partial charge < -0.3 is 15.1 Å². The van der Waals surface area contributed by atoms with Crippen LogP contribution in [0.1, 0.15) is 44.4 Å². The Kier molecular flexibility index (Phi) is 7.40. The van der Waals surface area contributed by atoms with E-state index in [1.807, 2.05) is 12.1 Å². The van der Waals surface area contributed by atoms with Crippen molar-refractivity contribution in [2.75, 3.05) is 10.6 Å². The molecule has 1 saturated carbocycles. The number of aryl methyl sites for hydroxylation is 1. The highest BCUT2D eigenvalue weighted by molar-refractivity contribution is 6.30. The third-order valence-corrected chi connectivity index (χ3v) is 5.98. The SMILES string of the molecule is O=C(CCc1ncc(-c2ccc(Cl)cc2)o1)Nc1ccc(F)c(NC(=O)C2CCCCC2)c1. The number of nitrogens with one attached hydrogen (secondary N) is 2. The van der Waals surface area contributed by atoms with Crippen LogP contribution in [0, 0.1) is 11.7 Å². The van der Waals surface area contributed by atoms with Gasteiger partial charge in [-0.15, -0.1) is 0 Å². The lowest BCUT2D eigenvalue weighted by atomic mass is 9.88. The maximum absolute atomic E-state index is 14.2. The maximum Gasteiger partial charge on any atom is 0.227 e. The first kappa shape index (κ1) is 23.0. The summed E-state index contributed by atoms with van der Waals surface area (Å²) in [5, 5.41) is 6.04. The highest BCUT2D eigenvalue weighted by atomic mass is 35.5. The molecule has 1 aliphatic carbocycles. The van der Waals surface area contributed by atoms with Crippen LogP contribution in [0.2, 0.25) is 5.02 Å². The smallest absolute Gasteiger partial charge is 0.227 e. The van der Waals surface area contributed by atoms with Crippen molar-refractivity contribution in [2.45, 2.75) is 44.9 Å². The molecule has 8 heteroatoms. The Balaban J connectivity index is 1.31. The molecule has 0 spiro atoms. The molecule has 0 unspecified atom stereocenters. The van der Waals surface area contributed by atoms with Gasteiger partial charge in [0.25, 0.3) is 0 Å². The second kappa shape index (κ2) is 10.6. The monoisotopic (exact) mass is 469 g/mol. The van der Waals surface area contributed by atoms with Gasteiger partial charge in [0.05, 0.1) is 11.9 Å². The predicted octanol–water partition coefficient (Wildman–Crippen LogP) is 6.22. The number of amides is 2. The lowest BCUT2D eigenvalue weighted by Crippen LogP contribution is -2.25. The highest BCUT2D eigenvalue weighted by Gasteiger charge is 2.22. The van der Waals surface area contributed by atoms with Crippen molar-refractivity contribution < 1.29 is 18.4 Å². The van der Waals surface area contributed by atoms with Crippen LogP contribution in [-0.4, -0.2) is 16.8 Å². The fourth-order valence-corrected chi connectivity index (χ4v) is 4.04. The molecular formula is C25H25ClFN3O3. The molecule has 1 aromatic heterocycles. The molecule has 0 radical (unpaired) electrons. The first-order valence-electron chi connectivity index (χ1n) is 11.1. The standard InChI is InChI=1S/C25H25ClFN3O3/c26-18-8-6-16(7-9-18)22-15-28-24(33-22)13-12-23(31)29-19-10-11-20(27)21(14-19)30-25(32)17-4-2-1-3-5-17/h6-11,14-15,17H,1-5,12-13H2,(H,29,31)(H,30,32). The van der Waals surface area contributed by atoms with Crippen LogP contribution in [0.25, 0.3) is 11.3 Å². The van der Waals surface area contributed by atoms with E-state index in [9.17, 15) is 14.0 Å². The molecule has 172 valence electrons. The van der Waals surface area contributed by atoms with Gasteiger partial charge in [-0.3, -0.25) is 9.59 Å². The maximum atomic E-state index is 14.2. The molecular weight excluding hydrogens is 445 g/mol. The van der Waals surface area contributed by atoms with Crippen molar-refractivity contribution in [3.8, 4) is 11.3 Å². The summed E-state index contributed by atoms with van der Waals surface area (Å²) in [5.41, 5.74) is 1.33. The Morgan fingerprint density at radius 2 is 1.82 bits per heavy atom. The molecule has 1 aliphatic rings. The molecule has 4 rings (SSSR count). The van der Waals surface area contributed by atoms with E-state index in [2.05, 4.69) is 15.6 Å². The molecule has 2 N–H and O–H groups in total. The van der Waals surface area contributed by atoms with Gasteiger partial charge in [-0.2, -0.15) is 0 Å². The van der Waals surface area contributed by atoms with Crippen molar-refractivity contribution in [3.63, 3.8) is 0 Å². The van der Waals surface area contributed by atoms with Crippen LogP contribution in [-0.2, 0) is 16.0 Å². The average Bonchev–Trinajstić information content (AvgIpc) is 3.30. The minimum atomic E-state index is -0.535. The number of halogens is 2. The van der Waals surface area contributed by atoms with Crippen LogP contribution < -0.4 is 10.6 Å². The fraction of sp³-hybridized carbons (Fsp3) is 0.320. The Labute approximate surface area is 196 Å². The van der Waals surface area contributed by atoms with E-state index < -0.39 is 5.82 Å². The quantitative estimate of drug-likeness (QED) is 0.430. The van der Waals surface area contributed by atoms with E-state index in [1.165, 1.54) is 18.2 Å². The van der Waals surface area contributed by atoms with Gasteiger partial charge in [-0.05, 0) is 55.3 Å². The minimum Gasteiger partial charge on any atom is -0.441 e. The average molecular weight is 470 g/mol. The number of anilines is 2. The molecule has 2 amide bonds. The Morgan fingerprint density at radius 1 is 1.06 bits per heavy atom. The summed E-state index contributed by atoms with van der Waals surface area (Å²) in [6.07, 6.45) is 6.88. The van der Waals surface area contributed by atoms with Gasteiger partial charge in [0.15, 0.2) is 11.7 Å². The largest absolute Gasteiger partial charge is 0.441 e. The molecule has 33 heavy (non-hydrogen) atoms. The summed E-state index contributed by atoms with van der Waals surface area (Å²) in [6.45, 7) is 0. The minimum absolute atomic E-state index is 0.0729. The van der Waals surface area contributed by atoms with E-state index in [-0.39, 0.29) is 29.8 Å². The van der Waals surface area contributed by atoms with Gasteiger partial charge >= 0.3 is 0 Å². The highest BCUT2D eigenvalue weighted by Crippen LogP contribution is 2.27. The number of carbonyl (C=O) groups excluding carboxylic acids is 2. The molecule has 0 saturated heterocycles. The molecule has 0 atom stereocenters. The van der Waals surface area contributed by atoms with Crippen LogP contribution >= 0.6 is 11.6 Å². The predicted molar refractivity (Wildman–Crippen MR) is 126 cm³/mol. The number of hydrogen-bond donors (Lipinski definition) is 2. The lowest BCUT2D eigenvalue weighted by Gasteiger charge is -2.21. The first-order valence-corrected chi connectivity index (χ1v) is 11.5. The van der Waals surface area contributed by atoms with Gasteiger partial charge in [0.1, 0.15) is 5.82 Å². The van der Waals surface area contributed by atoms with E-state index in [0.717, 1.165) is 37.7 Å². The molecule has 0 aliphatic heterocycles. The van der Waals surface area contributed by atoms with Crippen LogP contribution in [0.3, 0.4) is 0 Å². The second-order valence-corrected chi connectivity index (χ2v) is 8.63. The van der Waals surface area contributed by atoms with Crippen molar-refractivity contribution in [2.24, 2.45) is 5.92 Å². The zero-order valence-corrected chi connectivity index (χ0v) is 18.8. The summed E-state index contributed by atoms with van der Waals surface area (Å²) < 4.78 is 19.9. The zero-order chi connectivity index (χ0) is 23.2. The van der Waals surface area contributed by atoms with E-state index >= 15 is 0 Å². The summed E-state index contributed by atoms with van der Waals surface area (Å²) in [7, 11) is 0. The lowest BCUT2D eigenvalue weighted by molar-refractivity contribution is -0.120. The van der Waals surface area contributed by atoms with Gasteiger partial charge in [-0.25, -0.2) is 9.37 Å². The Morgan fingerprint density at radius 3 is 2.58 bits per heavy atom. The summed E-state index contributed by atoms with van der Waals surface area (Å²) in [5.74, 6) is -0.0231. The summed E-state index contributed by atoms with van der Waals surface area (Å²) in [6, 6.07) is 11.3. The van der Waals surface area contributed by atoms with Crippen molar-refractivity contribution in [1.82, 2.24) is 4.98 Å². The van der Waals surface area contributed by atoms with Gasteiger partial charge in [0.2, 0.25) is 11.8 Å². The Hall–Kier alpha value is -3.19. The third kappa shape index (κ3) is 6.20. The van der Waals surface area contributed by atoms with E-state index in [1.54, 1.807) is 18.3 Å². The van der Waals surface area contributed by atoms with Gasteiger partial charge in [0, 0.05) is 35.0 Å². The van der Waals surface area contributed by atoms with E-state index in [4.69, 9.17) is 16.0 Å². The number of hydrogen-bond acceptors (Lipinski definition) is 4. The molecule has 1 fully saturated rings. The molecule has 6 nitrogen and oxygen atoms in total. The van der Waals surface area contributed by atoms with Crippen LogP contribution in [0.15, 0.2) is 53.1 Å². The van der Waals surface area contributed by atoms with Crippen molar-refractivity contribution in [1.29, 1.82) is 0 Å². The number of rotatable bonds is 7. The topological polar surface area (TPSA) is 84.2 Å². The third-order valence-electron chi connectivity index (χ3n) is 5.73. The molecule has 0 bridgehead atoms. The van der Waals surface area contributed by atoms with Crippen LogP contribution in [0.5, 0.6) is 0 Å². The van der Waals surface area contributed by atoms with E-state index in [0.29, 0.717) is 28.8 Å². The normalized spacial score (nSPS) is 14.1. The molecule has 3 aromatic rings. The molecule has 1 heterocycles. The number of aromatic nitrogens is 1. The number of benzene rings is 2. The second-order valence-electron chi connectivity index (χ2n) is 8.19. The van der Waals surface area contributed by atoms with Crippen molar-refractivity contribution >= 4 is 34.8 Å². The summed E-state index contributed by atoms with van der Waals surface area (Å²) >= 11 is 5.90. The van der Waals surface area contributed by atoms with Crippen LogP contribution in [0.4, 0.5) is 15.8 Å². The number of carbonyl (C=O) groups is 2. The number of nitrogens with zero attached hydrogens (tertiary/aromatic N) is 1. The number of oxazole rings is 1. The summed E-state index contributed by atoms with van der Waals surface area (Å²) in [4.78, 5) is 29.1.